The molecule has 1 aromatic carbocycles. The second-order valence-corrected chi connectivity index (χ2v) is 7.38. The summed E-state index contributed by atoms with van der Waals surface area (Å²) in [7, 11) is 1.53. The Hall–Kier alpha value is -3.15. The number of aromatic nitrogens is 1. The van der Waals surface area contributed by atoms with Gasteiger partial charge < -0.3 is 9.84 Å². The third-order valence-electron chi connectivity index (χ3n) is 4.43. The van der Waals surface area contributed by atoms with E-state index in [1.54, 1.807) is 69.4 Å². The summed E-state index contributed by atoms with van der Waals surface area (Å²) in [6.45, 7) is 5.26. The number of anilines is 1. The van der Waals surface area contributed by atoms with Crippen LogP contribution in [0.4, 0.5) is 5.69 Å². The maximum Gasteiger partial charge on any atom is 0.294 e. The Morgan fingerprint density at radius 3 is 2.52 bits per heavy atom. The van der Waals surface area contributed by atoms with Crippen molar-refractivity contribution in [2.75, 3.05) is 12.0 Å². The summed E-state index contributed by atoms with van der Waals surface area (Å²) in [4.78, 5) is 31.7. The van der Waals surface area contributed by atoms with Gasteiger partial charge in [0.1, 0.15) is 11.8 Å². The van der Waals surface area contributed by atoms with Gasteiger partial charge in [0.25, 0.3) is 5.91 Å². The molecule has 1 atom stereocenters. The molecule has 0 aliphatic carbocycles. The highest BCUT2D eigenvalue weighted by Crippen LogP contribution is 2.43. The van der Waals surface area contributed by atoms with Crippen molar-refractivity contribution in [3.05, 3.63) is 65.7 Å². The molecule has 0 bridgehead atoms. The zero-order chi connectivity index (χ0) is 19.8. The fourth-order valence-electron chi connectivity index (χ4n) is 3.09. The number of ketones is 1. The number of aliphatic hydroxyl groups is 1. The van der Waals surface area contributed by atoms with Gasteiger partial charge in [0, 0.05) is 23.4 Å². The van der Waals surface area contributed by atoms with Gasteiger partial charge in [0.2, 0.25) is 0 Å². The molecular weight excluding hydrogens is 344 g/mol. The van der Waals surface area contributed by atoms with Crippen molar-refractivity contribution >= 4 is 17.4 Å². The summed E-state index contributed by atoms with van der Waals surface area (Å²) in [5, 5.41) is 10.6. The Bertz CT molecular complexity index is 913. The molecule has 1 N–H and O–H groups in total. The average molecular weight is 366 g/mol. The van der Waals surface area contributed by atoms with E-state index in [0.29, 0.717) is 17.1 Å². The monoisotopic (exact) mass is 366 g/mol. The quantitative estimate of drug-likeness (QED) is 0.894. The van der Waals surface area contributed by atoms with Crippen molar-refractivity contribution in [1.82, 2.24) is 4.98 Å². The van der Waals surface area contributed by atoms with Gasteiger partial charge in [0.05, 0.1) is 18.4 Å². The van der Waals surface area contributed by atoms with E-state index in [0.717, 1.165) is 0 Å². The van der Waals surface area contributed by atoms with Gasteiger partial charge in [-0.05, 0) is 24.3 Å². The number of carbonyl (C=O) groups is 2. The lowest BCUT2D eigenvalue weighted by Crippen LogP contribution is -2.33. The van der Waals surface area contributed by atoms with Crippen LogP contribution in [0.25, 0.3) is 0 Å². The zero-order valence-corrected chi connectivity index (χ0v) is 15.8. The Morgan fingerprint density at radius 1 is 1.19 bits per heavy atom. The number of ether oxygens (including phenoxy) is 1. The minimum atomic E-state index is -0.808. The van der Waals surface area contributed by atoms with Crippen LogP contribution in [0.5, 0.6) is 5.75 Å². The molecule has 2 aromatic rings. The molecule has 6 nitrogen and oxygen atoms in total. The molecule has 6 heteroatoms. The minimum Gasteiger partial charge on any atom is -0.503 e. The molecule has 1 amide bonds. The Morgan fingerprint density at radius 2 is 1.93 bits per heavy atom. The largest absolute Gasteiger partial charge is 0.503 e. The van der Waals surface area contributed by atoms with E-state index in [-0.39, 0.29) is 11.4 Å². The van der Waals surface area contributed by atoms with Crippen molar-refractivity contribution in [1.29, 1.82) is 0 Å². The lowest BCUT2D eigenvalue weighted by Gasteiger charge is -2.28. The standard InChI is InChI=1S/C21H22N2O4/c1-21(2,3)19(25)16-17(15-10-5-6-11-22-15)23(20(26)18(16)24)13-8-7-9-14(12-13)27-4/h5-12,17,24H,1-4H3. The molecule has 0 saturated heterocycles. The molecule has 0 spiro atoms. The number of aliphatic hydroxyl groups excluding tert-OH is 1. The predicted molar refractivity (Wildman–Crippen MR) is 102 cm³/mol. The summed E-state index contributed by atoms with van der Waals surface area (Å²) in [6, 6.07) is 11.4. The molecule has 2 heterocycles. The number of hydrogen-bond acceptors (Lipinski definition) is 5. The fraction of sp³-hybridized carbons (Fsp3) is 0.286. The Kier molecular flexibility index (Phi) is 4.74. The van der Waals surface area contributed by atoms with E-state index in [2.05, 4.69) is 4.98 Å². The van der Waals surface area contributed by atoms with Crippen LogP contribution in [0, 0.1) is 5.41 Å². The van der Waals surface area contributed by atoms with Gasteiger partial charge in [-0.25, -0.2) is 0 Å². The highest BCUT2D eigenvalue weighted by Gasteiger charge is 2.47. The number of methoxy groups -OCH3 is 1. The molecule has 1 aliphatic heterocycles. The minimum absolute atomic E-state index is 0.0639. The number of hydrogen-bond donors (Lipinski definition) is 1. The van der Waals surface area contributed by atoms with Gasteiger partial charge >= 0.3 is 0 Å². The third kappa shape index (κ3) is 3.30. The molecular formula is C21H22N2O4. The number of amides is 1. The molecule has 0 radical (unpaired) electrons. The van der Waals surface area contributed by atoms with Crippen LogP contribution in [-0.2, 0) is 9.59 Å². The van der Waals surface area contributed by atoms with Gasteiger partial charge in [-0.3, -0.25) is 19.5 Å². The van der Waals surface area contributed by atoms with Crippen LogP contribution in [0.3, 0.4) is 0 Å². The number of nitrogens with zero attached hydrogens (tertiary/aromatic N) is 2. The first kappa shape index (κ1) is 18.6. The van der Waals surface area contributed by atoms with Crippen LogP contribution in [0.2, 0.25) is 0 Å². The molecule has 1 unspecified atom stereocenters. The summed E-state index contributed by atoms with van der Waals surface area (Å²) >= 11 is 0. The maximum atomic E-state index is 13.1. The van der Waals surface area contributed by atoms with Gasteiger partial charge in [0.15, 0.2) is 11.5 Å². The van der Waals surface area contributed by atoms with Gasteiger partial charge in [-0.1, -0.05) is 32.9 Å². The highest BCUT2D eigenvalue weighted by atomic mass is 16.5. The van der Waals surface area contributed by atoms with E-state index >= 15 is 0 Å². The molecule has 1 aliphatic rings. The van der Waals surface area contributed by atoms with Crippen molar-refractivity contribution in [2.45, 2.75) is 26.8 Å². The van der Waals surface area contributed by atoms with Crippen LogP contribution < -0.4 is 9.64 Å². The van der Waals surface area contributed by atoms with E-state index in [1.807, 2.05) is 0 Å². The van der Waals surface area contributed by atoms with Crippen LogP contribution >= 0.6 is 0 Å². The van der Waals surface area contributed by atoms with Crippen LogP contribution in [-0.4, -0.2) is 28.9 Å². The fourth-order valence-corrected chi connectivity index (χ4v) is 3.09. The summed E-state index contributed by atoms with van der Waals surface area (Å²) in [6.07, 6.45) is 1.60. The lowest BCUT2D eigenvalue weighted by molar-refractivity contribution is -0.123. The second-order valence-electron chi connectivity index (χ2n) is 7.38. The van der Waals surface area contributed by atoms with Crippen molar-refractivity contribution in [3.63, 3.8) is 0 Å². The van der Waals surface area contributed by atoms with E-state index < -0.39 is 23.1 Å². The molecule has 0 fully saturated rings. The summed E-state index contributed by atoms with van der Waals surface area (Å²) in [5.41, 5.74) is 0.318. The Labute approximate surface area is 158 Å². The number of pyridine rings is 1. The molecule has 140 valence electrons. The van der Waals surface area contributed by atoms with Crippen molar-refractivity contribution in [3.8, 4) is 5.75 Å². The SMILES string of the molecule is COc1cccc(N2C(=O)C(O)=C(C(=O)C(C)(C)C)C2c2ccccn2)c1. The van der Waals surface area contributed by atoms with E-state index in [4.69, 9.17) is 4.74 Å². The van der Waals surface area contributed by atoms with Crippen molar-refractivity contribution < 1.29 is 19.4 Å². The van der Waals surface area contributed by atoms with Crippen molar-refractivity contribution in [2.24, 2.45) is 5.41 Å². The lowest BCUT2D eigenvalue weighted by atomic mass is 9.83. The molecule has 0 saturated carbocycles. The van der Waals surface area contributed by atoms with Crippen LogP contribution in [0.15, 0.2) is 60.0 Å². The van der Waals surface area contributed by atoms with E-state index in [1.165, 1.54) is 12.0 Å². The third-order valence-corrected chi connectivity index (χ3v) is 4.43. The normalized spacial score (nSPS) is 17.4. The topological polar surface area (TPSA) is 79.7 Å². The number of Topliss-reactive ketones (excluding diaryl/α,β-unsaturated/α-hetero) is 1. The maximum absolute atomic E-state index is 13.1. The predicted octanol–water partition coefficient (Wildman–Crippen LogP) is 3.61. The van der Waals surface area contributed by atoms with Gasteiger partial charge in [-0.15, -0.1) is 0 Å². The summed E-state index contributed by atoms with van der Waals surface area (Å²) < 4.78 is 5.25. The average Bonchev–Trinajstić information content (AvgIpc) is 2.92. The first-order valence-corrected chi connectivity index (χ1v) is 8.62. The number of rotatable bonds is 4. The first-order valence-electron chi connectivity index (χ1n) is 8.62. The van der Waals surface area contributed by atoms with Gasteiger partial charge in [-0.2, -0.15) is 0 Å². The number of benzene rings is 1. The highest BCUT2D eigenvalue weighted by molar-refractivity contribution is 6.17. The Balaban J connectivity index is 2.19. The van der Waals surface area contributed by atoms with E-state index in [9.17, 15) is 14.7 Å². The first-order chi connectivity index (χ1) is 12.8. The van der Waals surface area contributed by atoms with Crippen LogP contribution in [0.1, 0.15) is 32.5 Å². The molecule has 3 rings (SSSR count). The second kappa shape index (κ2) is 6.87. The smallest absolute Gasteiger partial charge is 0.294 e. The molecule has 1 aromatic heterocycles. The summed E-state index contributed by atoms with van der Waals surface area (Å²) in [5.74, 6) is -0.899. The molecule has 27 heavy (non-hydrogen) atoms. The number of carbonyl (C=O) groups excluding carboxylic acids is 2. The zero-order valence-electron chi connectivity index (χ0n) is 15.8.